The standard InChI is InChI=1S/C15H13N3O3S2/c1-2-11-17-18-15(23-11)12-13(21)10(22-14(12)16)5-7-3-4-8(19)6-9(7)20/h3-6,12,16,19-20H,2H2,1H3/b10-5-,16-14?/t12-/m1/s1. The van der Waals surface area contributed by atoms with Gasteiger partial charge >= 0.3 is 0 Å². The fourth-order valence-electron chi connectivity index (χ4n) is 2.14. The number of nitrogens with zero attached hydrogens (tertiary/aromatic N) is 2. The van der Waals surface area contributed by atoms with Gasteiger partial charge in [0.05, 0.1) is 9.95 Å². The van der Waals surface area contributed by atoms with Gasteiger partial charge in [0.15, 0.2) is 5.78 Å². The summed E-state index contributed by atoms with van der Waals surface area (Å²) < 4.78 is 0. The summed E-state index contributed by atoms with van der Waals surface area (Å²) in [6.07, 6.45) is 2.27. The fourth-order valence-corrected chi connectivity index (χ4v) is 4.08. The van der Waals surface area contributed by atoms with Crippen LogP contribution in [0, 0.1) is 5.41 Å². The molecule has 0 radical (unpaired) electrons. The van der Waals surface area contributed by atoms with Crippen LogP contribution < -0.4 is 0 Å². The molecule has 1 saturated heterocycles. The van der Waals surface area contributed by atoms with Gasteiger partial charge in [-0.05, 0) is 24.6 Å². The van der Waals surface area contributed by atoms with Crippen molar-refractivity contribution in [2.24, 2.45) is 0 Å². The third kappa shape index (κ3) is 2.99. The molecule has 1 aliphatic heterocycles. The summed E-state index contributed by atoms with van der Waals surface area (Å²) >= 11 is 2.41. The number of benzene rings is 1. The number of aryl methyl sites for hydroxylation is 1. The summed E-state index contributed by atoms with van der Waals surface area (Å²) in [4.78, 5) is 12.9. The molecule has 6 nitrogen and oxygen atoms in total. The molecule has 2 aromatic rings. The van der Waals surface area contributed by atoms with Gasteiger partial charge < -0.3 is 10.2 Å². The first-order valence-electron chi connectivity index (χ1n) is 6.86. The zero-order valence-electron chi connectivity index (χ0n) is 12.1. The van der Waals surface area contributed by atoms with Gasteiger partial charge in [-0.3, -0.25) is 10.2 Å². The molecule has 1 aromatic heterocycles. The van der Waals surface area contributed by atoms with Crippen molar-refractivity contribution >= 4 is 40.0 Å². The third-order valence-electron chi connectivity index (χ3n) is 3.32. The van der Waals surface area contributed by atoms with Gasteiger partial charge in [-0.1, -0.05) is 18.7 Å². The van der Waals surface area contributed by atoms with E-state index in [1.165, 1.54) is 35.6 Å². The second-order valence-electron chi connectivity index (χ2n) is 4.90. The number of allylic oxidation sites excluding steroid dienone is 1. The molecule has 1 aromatic carbocycles. The summed E-state index contributed by atoms with van der Waals surface area (Å²) in [6.45, 7) is 1.96. The van der Waals surface area contributed by atoms with Crippen LogP contribution in [0.15, 0.2) is 23.1 Å². The first-order valence-corrected chi connectivity index (χ1v) is 8.49. The third-order valence-corrected chi connectivity index (χ3v) is 5.45. The average molecular weight is 347 g/mol. The normalized spacial score (nSPS) is 19.7. The lowest BCUT2D eigenvalue weighted by molar-refractivity contribution is -0.114. The minimum atomic E-state index is -0.705. The molecular weight excluding hydrogens is 334 g/mol. The van der Waals surface area contributed by atoms with E-state index < -0.39 is 5.92 Å². The van der Waals surface area contributed by atoms with Gasteiger partial charge in [0.2, 0.25) is 0 Å². The quantitative estimate of drug-likeness (QED) is 0.737. The molecular formula is C15H13N3O3S2. The van der Waals surface area contributed by atoms with Crippen LogP contribution in [0.3, 0.4) is 0 Å². The Hall–Kier alpha value is -2.19. The lowest BCUT2D eigenvalue weighted by Gasteiger charge is -2.02. The smallest absolute Gasteiger partial charge is 0.186 e. The van der Waals surface area contributed by atoms with Crippen LogP contribution in [0.25, 0.3) is 6.08 Å². The molecule has 1 aliphatic rings. The van der Waals surface area contributed by atoms with Gasteiger partial charge in [0.1, 0.15) is 27.4 Å². The first kappa shape index (κ1) is 15.7. The molecule has 0 bridgehead atoms. The topological polar surface area (TPSA) is 107 Å². The summed E-state index contributed by atoms with van der Waals surface area (Å²) in [6, 6.07) is 4.15. The lowest BCUT2D eigenvalue weighted by Crippen LogP contribution is -2.11. The summed E-state index contributed by atoms with van der Waals surface area (Å²) in [5.41, 5.74) is 0.415. The number of rotatable bonds is 3. The maximum Gasteiger partial charge on any atom is 0.186 e. The van der Waals surface area contributed by atoms with Crippen molar-refractivity contribution in [3.63, 3.8) is 0 Å². The summed E-state index contributed by atoms with van der Waals surface area (Å²) in [5.74, 6) is -1.10. The van der Waals surface area contributed by atoms with Crippen molar-refractivity contribution in [3.8, 4) is 11.5 Å². The van der Waals surface area contributed by atoms with E-state index in [1.54, 1.807) is 0 Å². The molecule has 1 atom stereocenters. The number of phenolic OH excluding ortho intramolecular Hbond substituents is 2. The average Bonchev–Trinajstić information content (AvgIpc) is 3.07. The van der Waals surface area contributed by atoms with E-state index in [0.717, 1.165) is 23.2 Å². The highest BCUT2D eigenvalue weighted by atomic mass is 32.2. The summed E-state index contributed by atoms with van der Waals surface area (Å²) in [7, 11) is 0. The van der Waals surface area contributed by atoms with E-state index in [0.29, 0.717) is 15.5 Å². The van der Waals surface area contributed by atoms with Crippen molar-refractivity contribution in [2.75, 3.05) is 0 Å². The van der Waals surface area contributed by atoms with Crippen LogP contribution >= 0.6 is 23.1 Å². The SMILES string of the molecule is CCc1nnc([C@H]2C(=N)S/C(=C\c3ccc(O)cc3O)C2=O)s1. The minimum absolute atomic E-state index is 0.0540. The number of aromatic hydroxyl groups is 2. The van der Waals surface area contributed by atoms with Crippen molar-refractivity contribution in [2.45, 2.75) is 19.3 Å². The van der Waals surface area contributed by atoms with Crippen LogP contribution in [-0.2, 0) is 11.2 Å². The molecule has 0 spiro atoms. The highest BCUT2D eigenvalue weighted by Crippen LogP contribution is 2.42. The Morgan fingerprint density at radius 3 is 2.78 bits per heavy atom. The van der Waals surface area contributed by atoms with E-state index >= 15 is 0 Å². The number of carbonyl (C=O) groups is 1. The van der Waals surface area contributed by atoms with Gasteiger partial charge in [-0.15, -0.1) is 21.5 Å². The molecule has 118 valence electrons. The molecule has 0 saturated carbocycles. The van der Waals surface area contributed by atoms with E-state index in [4.69, 9.17) is 5.41 Å². The minimum Gasteiger partial charge on any atom is -0.508 e. The highest BCUT2D eigenvalue weighted by Gasteiger charge is 2.39. The molecule has 23 heavy (non-hydrogen) atoms. The van der Waals surface area contributed by atoms with Crippen LogP contribution in [0.5, 0.6) is 11.5 Å². The molecule has 0 aliphatic carbocycles. The predicted octanol–water partition coefficient (Wildman–Crippen LogP) is 2.93. The number of hydrogen-bond acceptors (Lipinski definition) is 8. The molecule has 0 unspecified atom stereocenters. The van der Waals surface area contributed by atoms with Crippen molar-refractivity contribution in [1.82, 2.24) is 10.2 Å². The van der Waals surface area contributed by atoms with Gasteiger partial charge in [0.25, 0.3) is 0 Å². The predicted molar refractivity (Wildman–Crippen MR) is 90.1 cm³/mol. The Balaban J connectivity index is 1.93. The molecule has 0 amide bonds. The van der Waals surface area contributed by atoms with Crippen molar-refractivity contribution in [1.29, 1.82) is 5.41 Å². The number of phenols is 2. The number of ketones is 1. The van der Waals surface area contributed by atoms with E-state index in [-0.39, 0.29) is 22.3 Å². The van der Waals surface area contributed by atoms with E-state index in [2.05, 4.69) is 10.2 Å². The van der Waals surface area contributed by atoms with Crippen LogP contribution in [-0.4, -0.2) is 31.2 Å². The van der Waals surface area contributed by atoms with E-state index in [9.17, 15) is 15.0 Å². The first-order chi connectivity index (χ1) is 11.0. The Bertz CT molecular complexity index is 829. The Kier molecular flexibility index (Phi) is 4.18. The van der Waals surface area contributed by atoms with Crippen molar-refractivity contribution in [3.05, 3.63) is 38.7 Å². The lowest BCUT2D eigenvalue weighted by atomic mass is 10.0. The number of carbonyl (C=O) groups excluding carboxylic acids is 1. The Morgan fingerprint density at radius 2 is 2.13 bits per heavy atom. The second kappa shape index (κ2) is 6.13. The summed E-state index contributed by atoms with van der Waals surface area (Å²) in [5, 5.41) is 36.8. The van der Waals surface area contributed by atoms with Crippen molar-refractivity contribution < 1.29 is 15.0 Å². The largest absolute Gasteiger partial charge is 0.508 e. The second-order valence-corrected chi connectivity index (χ2v) is 7.08. The number of nitrogens with one attached hydrogen (secondary N) is 1. The van der Waals surface area contributed by atoms with E-state index in [1.807, 2.05) is 6.92 Å². The molecule has 3 N–H and O–H groups in total. The Morgan fingerprint density at radius 1 is 1.35 bits per heavy atom. The number of aromatic nitrogens is 2. The van der Waals surface area contributed by atoms with Crippen LogP contribution in [0.1, 0.15) is 28.4 Å². The van der Waals surface area contributed by atoms with Gasteiger partial charge in [0, 0.05) is 11.6 Å². The monoisotopic (exact) mass is 347 g/mol. The van der Waals surface area contributed by atoms with Gasteiger partial charge in [-0.2, -0.15) is 0 Å². The number of thioether (sulfide) groups is 1. The van der Waals surface area contributed by atoms with Gasteiger partial charge in [-0.25, -0.2) is 0 Å². The molecule has 8 heteroatoms. The zero-order valence-corrected chi connectivity index (χ0v) is 13.7. The number of Topliss-reactive ketones (excluding diaryl/α,β-unsaturated/α-hetero) is 1. The fraction of sp³-hybridized carbons (Fsp3) is 0.200. The molecule has 1 fully saturated rings. The maximum atomic E-state index is 12.6. The maximum absolute atomic E-state index is 12.6. The van der Waals surface area contributed by atoms with Crippen LogP contribution in [0.2, 0.25) is 0 Å². The zero-order chi connectivity index (χ0) is 16.6. The highest BCUT2D eigenvalue weighted by molar-refractivity contribution is 8.19. The molecule has 2 heterocycles. The molecule has 3 rings (SSSR count). The number of hydrogen-bond donors (Lipinski definition) is 3. The Labute approximate surface area is 140 Å². The van der Waals surface area contributed by atoms with Crippen LogP contribution in [0.4, 0.5) is 0 Å².